The number of hydrogen-bond donors (Lipinski definition) is 1. The lowest BCUT2D eigenvalue weighted by Gasteiger charge is -2.15. The highest BCUT2D eigenvalue weighted by molar-refractivity contribution is 5.93. The number of para-hydroxylation sites is 2. The molecule has 1 amide bonds. The Morgan fingerprint density at radius 2 is 1.92 bits per heavy atom. The summed E-state index contributed by atoms with van der Waals surface area (Å²) in [6, 6.07) is 13.4. The monoisotopic (exact) mass is 339 g/mol. The van der Waals surface area contributed by atoms with Crippen LogP contribution < -0.4 is 14.8 Å². The van der Waals surface area contributed by atoms with Crippen molar-refractivity contribution in [2.45, 2.75) is 26.7 Å². The van der Waals surface area contributed by atoms with E-state index in [0.29, 0.717) is 24.0 Å². The highest BCUT2D eigenvalue weighted by Gasteiger charge is 2.12. The molecule has 4 heteroatoms. The molecule has 132 valence electrons. The molecule has 0 saturated carbocycles. The van der Waals surface area contributed by atoms with Gasteiger partial charge >= 0.3 is 0 Å². The molecule has 0 radical (unpaired) electrons. The minimum absolute atomic E-state index is 0.0566. The molecule has 2 rings (SSSR count). The van der Waals surface area contributed by atoms with Gasteiger partial charge in [-0.2, -0.15) is 0 Å². The first-order chi connectivity index (χ1) is 12.0. The molecule has 1 N–H and O–H groups in total. The molecule has 0 fully saturated rings. The zero-order chi connectivity index (χ0) is 18.2. The number of ether oxygens (including phenoxy) is 2. The number of benzene rings is 2. The minimum Gasteiger partial charge on any atom is -0.487 e. The van der Waals surface area contributed by atoms with Gasteiger partial charge in [-0.1, -0.05) is 50.8 Å². The van der Waals surface area contributed by atoms with Crippen molar-refractivity contribution < 1.29 is 14.3 Å². The Morgan fingerprint density at radius 1 is 1.16 bits per heavy atom. The first-order valence-corrected chi connectivity index (χ1v) is 8.37. The molecule has 0 aromatic heterocycles. The molecule has 0 aliphatic carbocycles. The van der Waals surface area contributed by atoms with Crippen LogP contribution in [-0.2, 0) is 4.79 Å². The number of nitrogens with one attached hydrogen (secondary N) is 1. The summed E-state index contributed by atoms with van der Waals surface area (Å²) >= 11 is 0. The summed E-state index contributed by atoms with van der Waals surface area (Å²) in [6.07, 6.45) is 1.66. The van der Waals surface area contributed by atoms with E-state index in [1.807, 2.05) is 31.2 Å². The van der Waals surface area contributed by atoms with Crippen LogP contribution in [0.25, 0.3) is 0 Å². The molecular weight excluding hydrogens is 314 g/mol. The van der Waals surface area contributed by atoms with E-state index in [1.165, 1.54) is 0 Å². The Kier molecular flexibility index (Phi) is 6.63. The second-order valence-corrected chi connectivity index (χ2v) is 6.13. The number of rotatable bonds is 8. The minimum atomic E-state index is -0.231. The maximum Gasteiger partial charge on any atom is 0.262 e. The van der Waals surface area contributed by atoms with Crippen LogP contribution in [0.5, 0.6) is 11.5 Å². The van der Waals surface area contributed by atoms with Crippen LogP contribution in [0, 0.1) is 6.92 Å². The molecule has 4 nitrogen and oxygen atoms in total. The van der Waals surface area contributed by atoms with Crippen molar-refractivity contribution in [1.29, 1.82) is 0 Å². The largest absolute Gasteiger partial charge is 0.487 e. The lowest BCUT2D eigenvalue weighted by atomic mass is 10.0. The number of carbonyl (C=O) groups excluding carboxylic acids is 1. The van der Waals surface area contributed by atoms with Gasteiger partial charge in [0.15, 0.2) is 6.61 Å². The zero-order valence-electron chi connectivity index (χ0n) is 15.0. The fourth-order valence-corrected chi connectivity index (χ4v) is 2.42. The van der Waals surface area contributed by atoms with Gasteiger partial charge in [-0.25, -0.2) is 0 Å². The van der Waals surface area contributed by atoms with Crippen LogP contribution in [0.2, 0.25) is 0 Å². The summed E-state index contributed by atoms with van der Waals surface area (Å²) in [4.78, 5) is 12.3. The summed E-state index contributed by atoms with van der Waals surface area (Å²) in [6.45, 7) is 10.2. The van der Waals surface area contributed by atoms with Gasteiger partial charge in [0.2, 0.25) is 0 Å². The number of aryl methyl sites for hydroxylation is 1. The Labute approximate surface area is 149 Å². The number of carbonyl (C=O) groups is 1. The van der Waals surface area contributed by atoms with E-state index in [1.54, 1.807) is 18.2 Å². The molecule has 0 saturated heterocycles. The second kappa shape index (κ2) is 8.92. The van der Waals surface area contributed by atoms with E-state index < -0.39 is 0 Å². The third-order valence-corrected chi connectivity index (χ3v) is 3.67. The SMILES string of the molecule is C=CCOc1ccccc1NC(=O)COc1cc(C)ccc1C(C)C. The Morgan fingerprint density at radius 3 is 2.64 bits per heavy atom. The van der Waals surface area contributed by atoms with Crippen LogP contribution >= 0.6 is 0 Å². The summed E-state index contributed by atoms with van der Waals surface area (Å²) in [7, 11) is 0. The van der Waals surface area contributed by atoms with Crippen molar-refractivity contribution in [3.8, 4) is 11.5 Å². The van der Waals surface area contributed by atoms with E-state index in [9.17, 15) is 4.79 Å². The van der Waals surface area contributed by atoms with Gasteiger partial charge in [-0.05, 0) is 42.2 Å². The standard InChI is InChI=1S/C21H25NO3/c1-5-12-24-19-9-7-6-8-18(19)22-21(23)14-25-20-13-16(4)10-11-17(20)15(2)3/h5-11,13,15H,1,12,14H2,2-4H3,(H,22,23). The van der Waals surface area contributed by atoms with Crippen molar-refractivity contribution in [2.75, 3.05) is 18.5 Å². The zero-order valence-corrected chi connectivity index (χ0v) is 15.0. The van der Waals surface area contributed by atoms with Gasteiger partial charge in [0, 0.05) is 0 Å². The van der Waals surface area contributed by atoms with Crippen LogP contribution in [-0.4, -0.2) is 19.1 Å². The highest BCUT2D eigenvalue weighted by Crippen LogP contribution is 2.28. The Bertz CT molecular complexity index is 738. The van der Waals surface area contributed by atoms with Gasteiger partial charge < -0.3 is 14.8 Å². The molecular formula is C21H25NO3. The van der Waals surface area contributed by atoms with E-state index >= 15 is 0 Å². The van der Waals surface area contributed by atoms with Crippen molar-refractivity contribution in [3.05, 3.63) is 66.2 Å². The fraction of sp³-hybridized carbons (Fsp3) is 0.286. The molecule has 0 atom stereocenters. The van der Waals surface area contributed by atoms with Crippen LogP contribution in [0.15, 0.2) is 55.1 Å². The van der Waals surface area contributed by atoms with Crippen LogP contribution in [0.4, 0.5) is 5.69 Å². The van der Waals surface area contributed by atoms with Crippen molar-refractivity contribution in [1.82, 2.24) is 0 Å². The van der Waals surface area contributed by atoms with E-state index in [2.05, 4.69) is 31.8 Å². The van der Waals surface area contributed by atoms with Crippen LogP contribution in [0.1, 0.15) is 30.9 Å². The molecule has 2 aromatic rings. The number of amides is 1. The smallest absolute Gasteiger partial charge is 0.262 e. The summed E-state index contributed by atoms with van der Waals surface area (Å²) in [5.41, 5.74) is 2.81. The molecule has 0 aliphatic heterocycles. The third kappa shape index (κ3) is 5.38. The van der Waals surface area contributed by atoms with Crippen molar-refractivity contribution >= 4 is 11.6 Å². The van der Waals surface area contributed by atoms with Gasteiger partial charge in [-0.3, -0.25) is 4.79 Å². The maximum absolute atomic E-state index is 12.3. The predicted octanol–water partition coefficient (Wildman–Crippen LogP) is 4.70. The number of hydrogen-bond acceptors (Lipinski definition) is 3. The van der Waals surface area contributed by atoms with Gasteiger partial charge in [-0.15, -0.1) is 0 Å². The van der Waals surface area contributed by atoms with Gasteiger partial charge in [0.05, 0.1) is 5.69 Å². The summed E-state index contributed by atoms with van der Waals surface area (Å²) in [5.74, 6) is 1.45. The van der Waals surface area contributed by atoms with E-state index in [-0.39, 0.29) is 12.5 Å². The lowest BCUT2D eigenvalue weighted by molar-refractivity contribution is -0.118. The summed E-state index contributed by atoms with van der Waals surface area (Å²) in [5, 5.41) is 2.83. The average Bonchev–Trinajstić information content (AvgIpc) is 2.59. The predicted molar refractivity (Wildman–Crippen MR) is 102 cm³/mol. The molecule has 25 heavy (non-hydrogen) atoms. The van der Waals surface area contributed by atoms with Crippen molar-refractivity contribution in [2.24, 2.45) is 0 Å². The second-order valence-electron chi connectivity index (χ2n) is 6.13. The lowest BCUT2D eigenvalue weighted by Crippen LogP contribution is -2.21. The molecule has 0 bridgehead atoms. The van der Waals surface area contributed by atoms with Gasteiger partial charge in [0.25, 0.3) is 5.91 Å². The molecule has 2 aromatic carbocycles. The maximum atomic E-state index is 12.3. The number of anilines is 1. The molecule has 0 spiro atoms. The highest BCUT2D eigenvalue weighted by atomic mass is 16.5. The molecule has 0 unspecified atom stereocenters. The summed E-state index contributed by atoms with van der Waals surface area (Å²) < 4.78 is 11.3. The molecule has 0 aliphatic rings. The fourth-order valence-electron chi connectivity index (χ4n) is 2.42. The Hall–Kier alpha value is -2.75. The van der Waals surface area contributed by atoms with E-state index in [0.717, 1.165) is 16.9 Å². The van der Waals surface area contributed by atoms with Crippen molar-refractivity contribution in [3.63, 3.8) is 0 Å². The van der Waals surface area contributed by atoms with Crippen LogP contribution in [0.3, 0.4) is 0 Å². The quantitative estimate of drug-likeness (QED) is 0.709. The third-order valence-electron chi connectivity index (χ3n) is 3.67. The average molecular weight is 339 g/mol. The molecule has 0 heterocycles. The van der Waals surface area contributed by atoms with E-state index in [4.69, 9.17) is 9.47 Å². The first-order valence-electron chi connectivity index (χ1n) is 8.37. The first kappa shape index (κ1) is 18.6. The topological polar surface area (TPSA) is 47.6 Å². The van der Waals surface area contributed by atoms with Gasteiger partial charge in [0.1, 0.15) is 18.1 Å². The normalized spacial score (nSPS) is 10.4. The Balaban J connectivity index is 2.02.